The average Bonchev–Trinajstić information content (AvgIpc) is 3.07. The van der Waals surface area contributed by atoms with Gasteiger partial charge < -0.3 is 14.8 Å². The van der Waals surface area contributed by atoms with Gasteiger partial charge in [0.2, 0.25) is 5.95 Å². The Hall–Kier alpha value is -2.90. The summed E-state index contributed by atoms with van der Waals surface area (Å²) in [5, 5.41) is 14.8. The van der Waals surface area contributed by atoms with Crippen LogP contribution in [0.1, 0.15) is 24.9 Å². The van der Waals surface area contributed by atoms with E-state index in [1.165, 1.54) is 7.11 Å². The average molecular weight is 315 g/mol. The van der Waals surface area contributed by atoms with Gasteiger partial charge >= 0.3 is 5.97 Å². The molecule has 0 aliphatic carbocycles. The van der Waals surface area contributed by atoms with E-state index in [4.69, 9.17) is 9.47 Å². The summed E-state index contributed by atoms with van der Waals surface area (Å²) >= 11 is 0. The molecule has 8 nitrogen and oxygen atoms in total. The number of rotatable bonds is 4. The Kier molecular flexibility index (Phi) is 3.96. The van der Waals surface area contributed by atoms with Gasteiger partial charge in [-0.05, 0) is 22.9 Å². The molecule has 1 N–H and O–H groups in total. The fourth-order valence-corrected chi connectivity index (χ4v) is 2.74. The number of fused-ring (bicyclic) bond motifs is 1. The molecule has 2 aromatic rings. The number of ether oxygens (including phenoxy) is 2. The van der Waals surface area contributed by atoms with Gasteiger partial charge in [-0.2, -0.15) is 4.68 Å². The van der Waals surface area contributed by atoms with E-state index in [2.05, 4.69) is 20.8 Å². The second kappa shape index (κ2) is 6.07. The van der Waals surface area contributed by atoms with E-state index < -0.39 is 12.0 Å². The highest BCUT2D eigenvalue weighted by Crippen LogP contribution is 2.39. The summed E-state index contributed by atoms with van der Waals surface area (Å²) in [6.07, 6.45) is 0.614. The highest BCUT2D eigenvalue weighted by Gasteiger charge is 2.36. The van der Waals surface area contributed by atoms with Crippen molar-refractivity contribution in [1.82, 2.24) is 20.2 Å². The van der Waals surface area contributed by atoms with E-state index in [-0.39, 0.29) is 0 Å². The maximum atomic E-state index is 12.4. The first-order valence-corrected chi connectivity index (χ1v) is 7.20. The van der Waals surface area contributed by atoms with Gasteiger partial charge in [0.25, 0.3) is 0 Å². The highest BCUT2D eigenvalue weighted by molar-refractivity contribution is 5.92. The van der Waals surface area contributed by atoms with E-state index >= 15 is 0 Å². The molecule has 3 rings (SSSR count). The molecule has 1 aromatic carbocycles. The summed E-state index contributed by atoms with van der Waals surface area (Å²) in [4.78, 5) is 12.4. The third-order valence-electron chi connectivity index (χ3n) is 3.79. The summed E-state index contributed by atoms with van der Waals surface area (Å²) in [6.45, 7) is 1.95. The van der Waals surface area contributed by atoms with Crippen LogP contribution in [-0.2, 0) is 9.53 Å². The van der Waals surface area contributed by atoms with Gasteiger partial charge in [-0.3, -0.25) is 0 Å². The Bertz CT molecular complexity index is 768. The number of hydrogen-bond acceptors (Lipinski definition) is 7. The number of nitrogens with one attached hydrogen (secondary N) is 1. The molecule has 2 heterocycles. The third-order valence-corrected chi connectivity index (χ3v) is 3.79. The molecular weight excluding hydrogens is 298 g/mol. The second-order valence-electron chi connectivity index (χ2n) is 4.95. The predicted molar refractivity (Wildman–Crippen MR) is 81.9 cm³/mol. The summed E-state index contributed by atoms with van der Waals surface area (Å²) in [6, 6.07) is 6.95. The monoisotopic (exact) mass is 315 g/mol. The molecule has 8 heteroatoms. The number of esters is 1. The lowest BCUT2D eigenvalue weighted by molar-refractivity contribution is -0.136. The van der Waals surface area contributed by atoms with Crippen molar-refractivity contribution in [2.24, 2.45) is 0 Å². The fraction of sp³-hybridized carbons (Fsp3) is 0.333. The lowest BCUT2D eigenvalue weighted by Gasteiger charge is -2.28. The largest absolute Gasteiger partial charge is 0.496 e. The smallest absolute Gasteiger partial charge is 0.338 e. The van der Waals surface area contributed by atoms with Crippen LogP contribution in [0.15, 0.2) is 35.5 Å². The number of aromatic nitrogens is 4. The molecule has 0 amide bonds. The molecule has 1 aromatic heterocycles. The van der Waals surface area contributed by atoms with Crippen LogP contribution in [0.2, 0.25) is 0 Å². The van der Waals surface area contributed by atoms with Crippen LogP contribution in [0, 0.1) is 0 Å². The second-order valence-corrected chi connectivity index (χ2v) is 4.95. The summed E-state index contributed by atoms with van der Waals surface area (Å²) < 4.78 is 12.0. The molecule has 0 saturated carbocycles. The van der Waals surface area contributed by atoms with Crippen LogP contribution >= 0.6 is 0 Å². The maximum absolute atomic E-state index is 12.4. The Morgan fingerprint density at radius 3 is 2.83 bits per heavy atom. The lowest BCUT2D eigenvalue weighted by atomic mass is 9.94. The molecule has 1 unspecified atom stereocenters. The van der Waals surface area contributed by atoms with Crippen LogP contribution in [0.4, 0.5) is 5.95 Å². The van der Waals surface area contributed by atoms with Crippen molar-refractivity contribution >= 4 is 11.9 Å². The predicted octanol–water partition coefficient (Wildman–Crippen LogP) is 1.53. The number of carbonyl (C=O) groups excluding carboxylic acids is 1. The van der Waals surface area contributed by atoms with Crippen molar-refractivity contribution in [2.45, 2.75) is 19.4 Å². The van der Waals surface area contributed by atoms with Crippen LogP contribution < -0.4 is 10.1 Å². The molecule has 1 aliphatic heterocycles. The Morgan fingerprint density at radius 2 is 2.13 bits per heavy atom. The fourth-order valence-electron chi connectivity index (χ4n) is 2.74. The topological polar surface area (TPSA) is 91.2 Å². The molecule has 0 spiro atoms. The molecule has 0 radical (unpaired) electrons. The van der Waals surface area contributed by atoms with Crippen LogP contribution in [0.5, 0.6) is 5.75 Å². The standard InChI is InChI=1S/C15H17N5O3/c1-4-10-12(14(21)23-3)13(20-15(16-10)17-18-19-20)9-7-5-6-8-11(9)22-2/h5-8,13H,4H2,1-3H3,(H,16,17,19). The van der Waals surface area contributed by atoms with Gasteiger partial charge in [-0.25, -0.2) is 4.79 Å². The van der Waals surface area contributed by atoms with Crippen LogP contribution in [0.25, 0.3) is 0 Å². The van der Waals surface area contributed by atoms with Crippen molar-refractivity contribution in [2.75, 3.05) is 19.5 Å². The first-order chi connectivity index (χ1) is 11.2. The normalized spacial score (nSPS) is 16.6. The number of tetrazole rings is 1. The van der Waals surface area contributed by atoms with Crippen molar-refractivity contribution in [3.63, 3.8) is 0 Å². The van der Waals surface area contributed by atoms with Crippen LogP contribution in [-0.4, -0.2) is 40.4 Å². The SMILES string of the molecule is CCC1=C(C(=O)OC)C(c2ccccc2OC)n2nnnc2N1. The third kappa shape index (κ3) is 2.41. The minimum Gasteiger partial charge on any atom is -0.496 e. The van der Waals surface area contributed by atoms with Gasteiger partial charge in [0, 0.05) is 11.3 Å². The van der Waals surface area contributed by atoms with Crippen molar-refractivity contribution < 1.29 is 14.3 Å². The minimum atomic E-state index is -0.514. The molecule has 120 valence electrons. The highest BCUT2D eigenvalue weighted by atomic mass is 16.5. The molecule has 1 aliphatic rings. The number of methoxy groups -OCH3 is 2. The number of nitrogens with zero attached hydrogens (tertiary/aromatic N) is 4. The molecule has 0 fully saturated rings. The minimum absolute atomic E-state index is 0.425. The van der Waals surface area contributed by atoms with E-state index in [0.29, 0.717) is 23.7 Å². The zero-order valence-corrected chi connectivity index (χ0v) is 13.1. The number of para-hydroxylation sites is 1. The van der Waals surface area contributed by atoms with Crippen molar-refractivity contribution in [3.8, 4) is 5.75 Å². The van der Waals surface area contributed by atoms with Gasteiger partial charge in [-0.1, -0.05) is 30.2 Å². The summed E-state index contributed by atoms with van der Waals surface area (Å²) in [7, 11) is 2.94. The number of hydrogen-bond donors (Lipinski definition) is 1. The van der Waals surface area contributed by atoms with Gasteiger partial charge in [0.05, 0.1) is 19.8 Å². The lowest BCUT2D eigenvalue weighted by Crippen LogP contribution is -2.30. The Labute approximate surface area is 133 Å². The van der Waals surface area contributed by atoms with E-state index in [9.17, 15) is 4.79 Å². The maximum Gasteiger partial charge on any atom is 0.338 e. The van der Waals surface area contributed by atoms with E-state index in [0.717, 1.165) is 11.3 Å². The zero-order valence-electron chi connectivity index (χ0n) is 13.1. The Balaban J connectivity index is 2.25. The molecule has 0 saturated heterocycles. The Morgan fingerprint density at radius 1 is 1.35 bits per heavy atom. The number of anilines is 1. The molecule has 0 bridgehead atoms. The zero-order chi connectivity index (χ0) is 16.4. The van der Waals surface area contributed by atoms with Gasteiger partial charge in [0.1, 0.15) is 11.8 Å². The molecule has 1 atom stereocenters. The number of carbonyl (C=O) groups is 1. The van der Waals surface area contributed by atoms with Crippen LogP contribution in [0.3, 0.4) is 0 Å². The first kappa shape index (κ1) is 15.0. The molecular formula is C15H17N5O3. The first-order valence-electron chi connectivity index (χ1n) is 7.20. The summed E-state index contributed by atoms with van der Waals surface area (Å²) in [5.41, 5.74) is 1.99. The molecule has 23 heavy (non-hydrogen) atoms. The quantitative estimate of drug-likeness (QED) is 0.855. The van der Waals surface area contributed by atoms with Crippen molar-refractivity contribution in [3.05, 3.63) is 41.1 Å². The number of allylic oxidation sites excluding steroid dienone is 1. The van der Waals surface area contributed by atoms with Gasteiger partial charge in [-0.15, -0.1) is 0 Å². The van der Waals surface area contributed by atoms with E-state index in [1.807, 2.05) is 31.2 Å². The van der Waals surface area contributed by atoms with Crippen molar-refractivity contribution in [1.29, 1.82) is 0 Å². The van der Waals surface area contributed by atoms with Gasteiger partial charge in [0.15, 0.2) is 0 Å². The number of benzene rings is 1. The summed E-state index contributed by atoms with van der Waals surface area (Å²) in [5.74, 6) is 0.703. The van der Waals surface area contributed by atoms with E-state index in [1.54, 1.807) is 11.8 Å².